The van der Waals surface area contributed by atoms with Gasteiger partial charge in [-0.15, -0.1) is 0 Å². The Bertz CT molecular complexity index is 1240. The van der Waals surface area contributed by atoms with Gasteiger partial charge in [0.15, 0.2) is 0 Å². The van der Waals surface area contributed by atoms with Crippen LogP contribution in [-0.4, -0.2) is 60.8 Å². The quantitative estimate of drug-likeness (QED) is 0.582. The first-order valence-corrected chi connectivity index (χ1v) is 11.4. The number of sulfonamides is 1. The van der Waals surface area contributed by atoms with Crippen molar-refractivity contribution in [2.24, 2.45) is 0 Å². The van der Waals surface area contributed by atoms with Crippen LogP contribution in [-0.2, 0) is 10.0 Å². The topological polar surface area (TPSA) is 79.8 Å². The van der Waals surface area contributed by atoms with Gasteiger partial charge in [-0.2, -0.15) is 13.1 Å². The average Bonchev–Trinajstić information content (AvgIpc) is 2.78. The van der Waals surface area contributed by atoms with Gasteiger partial charge in [-0.25, -0.2) is 8.42 Å². The summed E-state index contributed by atoms with van der Waals surface area (Å²) in [7, 11) is -3.84. The molecule has 2 aromatic carbocycles. The molecular formula is C22H21F2N3O4S. The summed E-state index contributed by atoms with van der Waals surface area (Å²) in [6, 6.07) is 13.5. The Balaban J connectivity index is 1.47. The van der Waals surface area contributed by atoms with E-state index >= 15 is 0 Å². The largest absolute Gasteiger partial charge is 0.435 e. The van der Waals surface area contributed by atoms with Crippen LogP contribution < -0.4 is 4.74 Å². The van der Waals surface area contributed by atoms with Gasteiger partial charge in [0.1, 0.15) is 5.75 Å². The molecule has 3 aromatic rings. The normalized spacial score (nSPS) is 17.6. The highest BCUT2D eigenvalue weighted by atomic mass is 32.2. The number of carbonyl (C=O) groups is 1. The van der Waals surface area contributed by atoms with Crippen molar-refractivity contribution in [3.63, 3.8) is 0 Å². The molecule has 0 saturated carbocycles. The van der Waals surface area contributed by atoms with Crippen LogP contribution in [0.5, 0.6) is 5.75 Å². The molecule has 1 aliphatic rings. The van der Waals surface area contributed by atoms with Crippen LogP contribution in [0.3, 0.4) is 0 Å². The van der Waals surface area contributed by atoms with E-state index in [1.807, 2.05) is 18.2 Å². The van der Waals surface area contributed by atoms with Crippen LogP contribution in [0.2, 0.25) is 0 Å². The van der Waals surface area contributed by atoms with Crippen molar-refractivity contribution in [2.75, 3.05) is 19.6 Å². The van der Waals surface area contributed by atoms with Gasteiger partial charge in [-0.3, -0.25) is 9.78 Å². The smallest absolute Gasteiger partial charge is 0.387 e. The molecule has 0 aliphatic carbocycles. The predicted octanol–water partition coefficient (Wildman–Crippen LogP) is 3.37. The van der Waals surface area contributed by atoms with Crippen molar-refractivity contribution in [3.05, 3.63) is 66.4 Å². The Labute approximate surface area is 184 Å². The van der Waals surface area contributed by atoms with E-state index in [0.29, 0.717) is 11.1 Å². The zero-order valence-corrected chi connectivity index (χ0v) is 18.0. The van der Waals surface area contributed by atoms with Crippen LogP contribution >= 0.6 is 0 Å². The second-order valence-electron chi connectivity index (χ2n) is 7.47. The minimum atomic E-state index is -3.84. The lowest BCUT2D eigenvalue weighted by molar-refractivity contribution is -0.0498. The van der Waals surface area contributed by atoms with Gasteiger partial charge in [0.2, 0.25) is 10.0 Å². The van der Waals surface area contributed by atoms with Crippen LogP contribution in [0.15, 0.2) is 65.7 Å². The third-order valence-electron chi connectivity index (χ3n) is 5.39. The zero-order valence-electron chi connectivity index (χ0n) is 17.2. The Morgan fingerprint density at radius 2 is 1.88 bits per heavy atom. The summed E-state index contributed by atoms with van der Waals surface area (Å²) in [6.45, 7) is -0.721. The number of carbonyl (C=O) groups excluding carboxylic acids is 1. The Kier molecular flexibility index (Phi) is 6.07. The molecule has 2 heterocycles. The lowest BCUT2D eigenvalue weighted by Gasteiger charge is -2.39. The van der Waals surface area contributed by atoms with E-state index in [1.54, 1.807) is 30.2 Å². The van der Waals surface area contributed by atoms with Crippen molar-refractivity contribution in [2.45, 2.75) is 24.5 Å². The summed E-state index contributed by atoms with van der Waals surface area (Å²) in [6.07, 6.45) is 1.66. The van der Waals surface area contributed by atoms with Gasteiger partial charge in [-0.1, -0.05) is 12.1 Å². The van der Waals surface area contributed by atoms with Crippen LogP contribution in [0.25, 0.3) is 10.9 Å². The van der Waals surface area contributed by atoms with E-state index < -0.39 is 16.6 Å². The van der Waals surface area contributed by atoms with E-state index in [2.05, 4.69) is 9.72 Å². The first-order valence-electron chi connectivity index (χ1n) is 9.96. The zero-order chi connectivity index (χ0) is 22.9. The second kappa shape index (κ2) is 8.79. The number of nitrogens with zero attached hydrogens (tertiary/aromatic N) is 3. The molecule has 1 fully saturated rings. The number of aromatic nitrogens is 1. The summed E-state index contributed by atoms with van der Waals surface area (Å²) in [5.74, 6) is -0.303. The number of rotatable bonds is 5. The fourth-order valence-corrected chi connectivity index (χ4v) is 5.26. The molecule has 1 aromatic heterocycles. The van der Waals surface area contributed by atoms with E-state index in [-0.39, 0.29) is 42.2 Å². The van der Waals surface area contributed by atoms with Gasteiger partial charge in [0.25, 0.3) is 5.91 Å². The Hall–Kier alpha value is -3.11. The highest BCUT2D eigenvalue weighted by Gasteiger charge is 2.34. The van der Waals surface area contributed by atoms with Gasteiger partial charge in [-0.05, 0) is 49.4 Å². The third-order valence-corrected chi connectivity index (χ3v) is 7.27. The lowest BCUT2D eigenvalue weighted by Crippen LogP contribution is -2.55. The first kappa shape index (κ1) is 22.1. The second-order valence-corrected chi connectivity index (χ2v) is 9.41. The van der Waals surface area contributed by atoms with E-state index in [4.69, 9.17) is 0 Å². The minimum absolute atomic E-state index is 0.0216. The lowest BCUT2D eigenvalue weighted by atomic mass is 10.1. The molecule has 0 spiro atoms. The van der Waals surface area contributed by atoms with Gasteiger partial charge in [0, 0.05) is 42.8 Å². The Morgan fingerprint density at radius 3 is 2.56 bits per heavy atom. The molecule has 10 heteroatoms. The third kappa shape index (κ3) is 4.42. The maximum Gasteiger partial charge on any atom is 0.387 e. The Morgan fingerprint density at radius 1 is 1.12 bits per heavy atom. The summed E-state index contributed by atoms with van der Waals surface area (Å²) in [5, 5.41) is 0.929. The molecule has 0 N–H and O–H groups in total. The number of fused-ring (bicyclic) bond motifs is 1. The van der Waals surface area contributed by atoms with E-state index in [1.165, 1.54) is 28.6 Å². The fourth-order valence-electron chi connectivity index (χ4n) is 3.75. The molecule has 0 radical (unpaired) electrons. The van der Waals surface area contributed by atoms with E-state index in [0.717, 1.165) is 5.39 Å². The van der Waals surface area contributed by atoms with Gasteiger partial charge in [0.05, 0.1) is 10.4 Å². The highest BCUT2D eigenvalue weighted by molar-refractivity contribution is 7.89. The summed E-state index contributed by atoms with van der Waals surface area (Å²) in [4.78, 5) is 19.0. The summed E-state index contributed by atoms with van der Waals surface area (Å²) < 4.78 is 56.1. The van der Waals surface area contributed by atoms with Crippen LogP contribution in [0.4, 0.5) is 8.78 Å². The maximum absolute atomic E-state index is 13.1. The van der Waals surface area contributed by atoms with Crippen molar-refractivity contribution in [1.82, 2.24) is 14.2 Å². The monoisotopic (exact) mass is 461 g/mol. The molecule has 1 unspecified atom stereocenters. The van der Waals surface area contributed by atoms with E-state index in [9.17, 15) is 22.0 Å². The van der Waals surface area contributed by atoms with Gasteiger partial charge < -0.3 is 9.64 Å². The first-order chi connectivity index (χ1) is 15.3. The van der Waals surface area contributed by atoms with Crippen molar-refractivity contribution in [1.29, 1.82) is 0 Å². The maximum atomic E-state index is 13.1. The molecule has 1 aliphatic heterocycles. The fraction of sp³-hybridized carbons (Fsp3) is 0.273. The molecule has 1 saturated heterocycles. The molecule has 32 heavy (non-hydrogen) atoms. The SMILES string of the molecule is CC1CN(S(=O)(=O)c2ccc(OC(F)F)cc2)CCN1C(=O)c1ccc2cccnc2c1. The van der Waals surface area contributed by atoms with Crippen molar-refractivity contribution >= 4 is 26.8 Å². The molecule has 1 atom stereocenters. The van der Waals surface area contributed by atoms with Crippen molar-refractivity contribution in [3.8, 4) is 5.75 Å². The number of piperazine rings is 1. The number of amides is 1. The number of alkyl halides is 2. The predicted molar refractivity (Wildman–Crippen MR) is 114 cm³/mol. The number of ether oxygens (including phenoxy) is 1. The number of halogens is 2. The minimum Gasteiger partial charge on any atom is -0.435 e. The molecule has 7 nitrogen and oxygen atoms in total. The summed E-state index contributed by atoms with van der Waals surface area (Å²) in [5.41, 5.74) is 1.21. The molecular weight excluding hydrogens is 440 g/mol. The average molecular weight is 461 g/mol. The van der Waals surface area contributed by atoms with Crippen molar-refractivity contribution < 1.29 is 26.7 Å². The highest BCUT2D eigenvalue weighted by Crippen LogP contribution is 2.24. The van der Waals surface area contributed by atoms with Crippen LogP contribution in [0.1, 0.15) is 17.3 Å². The molecule has 0 bridgehead atoms. The van der Waals surface area contributed by atoms with Gasteiger partial charge >= 0.3 is 6.61 Å². The molecule has 4 rings (SSSR count). The number of benzene rings is 2. The standard InChI is InChI=1S/C22H21F2N3O4S/c1-15-14-26(32(29,30)19-8-6-18(7-9-19)31-22(23)24)11-12-27(15)21(28)17-5-4-16-3-2-10-25-20(16)13-17/h2-10,13,15,22H,11-12,14H2,1H3. The number of hydrogen-bond donors (Lipinski definition) is 0. The molecule has 1 amide bonds. The molecule has 168 valence electrons. The number of pyridine rings is 1. The number of hydrogen-bond acceptors (Lipinski definition) is 5. The summed E-state index contributed by atoms with van der Waals surface area (Å²) >= 11 is 0. The van der Waals surface area contributed by atoms with Crippen LogP contribution in [0, 0.1) is 0 Å².